The highest BCUT2D eigenvalue weighted by molar-refractivity contribution is 6.32. The van der Waals surface area contributed by atoms with Crippen molar-refractivity contribution in [2.75, 3.05) is 52.4 Å². The molecule has 2 aromatic heterocycles. The first kappa shape index (κ1) is 45.1. The predicted octanol–water partition coefficient (Wildman–Crippen LogP) is 10.9. The van der Waals surface area contributed by atoms with Gasteiger partial charge in [0.05, 0.1) is 16.1 Å². The lowest BCUT2D eigenvalue weighted by Gasteiger charge is -2.38. The second-order valence-electron chi connectivity index (χ2n) is 16.6. The number of alkyl halides is 3. The summed E-state index contributed by atoms with van der Waals surface area (Å²) in [5.74, 6) is -0.866. The van der Waals surface area contributed by atoms with E-state index in [4.69, 9.17) is 16.3 Å². The van der Waals surface area contributed by atoms with Crippen molar-refractivity contribution in [2.24, 2.45) is 0 Å². The number of Topliss-reactive ketones (excluding diaryl/α,β-unsaturated/α-hetero) is 2. The smallest absolute Gasteiger partial charge is 0.454 e. The van der Waals surface area contributed by atoms with Crippen molar-refractivity contribution in [3.05, 3.63) is 137 Å². The highest BCUT2D eigenvalue weighted by Crippen LogP contribution is 2.30. The summed E-state index contributed by atoms with van der Waals surface area (Å²) in [4.78, 5) is 31.3. The van der Waals surface area contributed by atoms with Crippen LogP contribution >= 0.6 is 11.6 Å². The number of nitrogens with zero attached hydrogens (tertiary/aromatic N) is 5. The number of carbonyl (C=O) groups is 2. The summed E-state index contributed by atoms with van der Waals surface area (Å²) in [5.41, 5.74) is 4.96. The van der Waals surface area contributed by atoms with Crippen LogP contribution in [-0.2, 0) is 13.1 Å². The molecule has 4 heterocycles. The van der Waals surface area contributed by atoms with E-state index in [0.717, 1.165) is 101 Å². The Balaban J connectivity index is 0.000000187. The van der Waals surface area contributed by atoms with Gasteiger partial charge in [0, 0.05) is 92.6 Å². The van der Waals surface area contributed by atoms with Crippen LogP contribution in [0.1, 0.15) is 77.4 Å². The van der Waals surface area contributed by atoms with Crippen LogP contribution in [0.3, 0.4) is 0 Å². The summed E-state index contributed by atoms with van der Waals surface area (Å²) >= 11 is 6.21. The highest BCUT2D eigenvalue weighted by atomic mass is 35.5. The first-order valence-corrected chi connectivity index (χ1v) is 22.2. The Bertz CT molecular complexity index is 2430. The normalized spacial score (nSPS) is 16.3. The molecule has 0 radical (unpaired) electrons. The fraction of sp³-hybridized carbons (Fsp3) is 0.400. The zero-order valence-corrected chi connectivity index (χ0v) is 36.7. The molecule has 0 spiro atoms. The SMILES string of the molecule is CC(=O)c1cn(CCCN2CCC(Oc3ccccc3Cl)CC2)c2c(C)cccc12.CC(c1ccccc1)N1CCN(CCCn2cc(C(=O)C(F)(F)F)c3ccccc32)CC1. The first-order chi connectivity index (χ1) is 29.9. The molecule has 12 heteroatoms. The quantitative estimate of drug-likeness (QED) is 0.102. The molecule has 2 saturated heterocycles. The number of ether oxygens (including phenoxy) is 1. The minimum atomic E-state index is -4.87. The second kappa shape index (κ2) is 20.5. The summed E-state index contributed by atoms with van der Waals surface area (Å²) in [6.07, 6.45) is 2.67. The van der Waals surface area contributed by atoms with E-state index in [1.54, 1.807) is 35.8 Å². The van der Waals surface area contributed by atoms with E-state index in [9.17, 15) is 22.8 Å². The summed E-state index contributed by atoms with van der Waals surface area (Å²) in [6.45, 7) is 15.4. The lowest BCUT2D eigenvalue weighted by molar-refractivity contribution is -0.0884. The highest BCUT2D eigenvalue weighted by Gasteiger charge is 2.40. The summed E-state index contributed by atoms with van der Waals surface area (Å²) in [7, 11) is 0. The molecule has 4 aromatic carbocycles. The van der Waals surface area contributed by atoms with Gasteiger partial charge in [-0.15, -0.1) is 0 Å². The average molecular weight is 868 g/mol. The number of piperazine rings is 1. The van der Waals surface area contributed by atoms with Crippen LogP contribution < -0.4 is 4.74 Å². The molecule has 0 aliphatic carbocycles. The lowest BCUT2D eigenvalue weighted by Crippen LogP contribution is -2.47. The number of aryl methyl sites for hydroxylation is 3. The number of carbonyl (C=O) groups excluding carboxylic acids is 2. The molecule has 0 bridgehead atoms. The lowest BCUT2D eigenvalue weighted by atomic mass is 10.1. The molecule has 0 saturated carbocycles. The number of para-hydroxylation sites is 3. The van der Waals surface area contributed by atoms with Crippen molar-refractivity contribution in [1.82, 2.24) is 23.8 Å². The van der Waals surface area contributed by atoms with Crippen molar-refractivity contribution in [3.8, 4) is 5.75 Å². The van der Waals surface area contributed by atoms with Crippen LogP contribution in [0.5, 0.6) is 5.75 Å². The number of hydrogen-bond donors (Lipinski definition) is 0. The Morgan fingerprint density at radius 3 is 1.98 bits per heavy atom. The zero-order chi connectivity index (χ0) is 43.8. The van der Waals surface area contributed by atoms with E-state index < -0.39 is 12.0 Å². The minimum Gasteiger partial charge on any atom is -0.489 e. The monoisotopic (exact) mass is 867 g/mol. The molecular weight excluding hydrogens is 811 g/mol. The van der Waals surface area contributed by atoms with Gasteiger partial charge in [-0.3, -0.25) is 14.5 Å². The van der Waals surface area contributed by atoms with Gasteiger partial charge in [-0.25, -0.2) is 0 Å². The minimum absolute atomic E-state index is 0.130. The van der Waals surface area contributed by atoms with Crippen LogP contribution in [0.25, 0.3) is 21.8 Å². The number of ketones is 2. The first-order valence-electron chi connectivity index (χ1n) is 21.8. The van der Waals surface area contributed by atoms with Crippen LogP contribution in [-0.4, -0.2) is 100 Å². The molecule has 0 amide bonds. The molecule has 328 valence electrons. The fourth-order valence-corrected chi connectivity index (χ4v) is 9.17. The molecule has 6 aromatic rings. The van der Waals surface area contributed by atoms with E-state index >= 15 is 0 Å². The van der Waals surface area contributed by atoms with Gasteiger partial charge in [-0.1, -0.05) is 90.5 Å². The molecule has 62 heavy (non-hydrogen) atoms. The predicted molar refractivity (Wildman–Crippen MR) is 243 cm³/mol. The number of fused-ring (bicyclic) bond motifs is 2. The average Bonchev–Trinajstić information content (AvgIpc) is 3.84. The van der Waals surface area contributed by atoms with Crippen molar-refractivity contribution in [3.63, 3.8) is 0 Å². The molecule has 0 N–H and O–H groups in total. The van der Waals surface area contributed by atoms with Crippen molar-refractivity contribution >= 4 is 45.0 Å². The third kappa shape index (κ3) is 11.0. The Labute approximate surface area is 367 Å². The molecule has 1 unspecified atom stereocenters. The standard InChI is InChI=1S/C25H29ClN2O2.C25H28F3N3O/c1-18-7-5-8-21-22(19(2)29)17-28(25(18)21)14-6-13-27-15-11-20(12-16-27)30-24-10-4-3-9-23(24)26;1-19(20-8-3-2-4-9-20)30-16-14-29(15-17-30)12-7-13-31-18-22(24(32)25(26,27)28)21-10-5-6-11-23(21)31/h3-5,7-10,17,20H,6,11-16H2,1-2H3;2-6,8-11,18-19H,7,12-17H2,1H3. The van der Waals surface area contributed by atoms with Crippen molar-refractivity contribution < 1.29 is 27.5 Å². The maximum atomic E-state index is 13.0. The maximum Gasteiger partial charge on any atom is 0.454 e. The van der Waals surface area contributed by atoms with Gasteiger partial charge in [0.1, 0.15) is 11.9 Å². The second-order valence-corrected chi connectivity index (χ2v) is 17.0. The summed E-state index contributed by atoms with van der Waals surface area (Å²) in [5, 5.41) is 2.11. The van der Waals surface area contributed by atoms with Gasteiger partial charge in [-0.05, 0) is 88.9 Å². The van der Waals surface area contributed by atoms with E-state index in [-0.39, 0.29) is 17.5 Å². The van der Waals surface area contributed by atoms with E-state index in [2.05, 4.69) is 69.5 Å². The van der Waals surface area contributed by atoms with Crippen LogP contribution in [0.2, 0.25) is 5.02 Å². The van der Waals surface area contributed by atoms with Crippen molar-refractivity contribution in [2.45, 2.75) is 77.9 Å². The van der Waals surface area contributed by atoms with Gasteiger partial charge in [0.25, 0.3) is 5.78 Å². The summed E-state index contributed by atoms with van der Waals surface area (Å²) in [6, 6.07) is 31.6. The maximum absolute atomic E-state index is 13.0. The third-order valence-electron chi connectivity index (χ3n) is 12.4. The van der Waals surface area contributed by atoms with Crippen LogP contribution in [0.15, 0.2) is 109 Å². The van der Waals surface area contributed by atoms with Gasteiger partial charge in [0.15, 0.2) is 5.78 Å². The van der Waals surface area contributed by atoms with Crippen molar-refractivity contribution in [1.29, 1.82) is 0 Å². The summed E-state index contributed by atoms with van der Waals surface area (Å²) < 4.78 is 49.1. The van der Waals surface area contributed by atoms with Gasteiger partial charge in [-0.2, -0.15) is 13.2 Å². The van der Waals surface area contributed by atoms with Gasteiger partial charge < -0.3 is 23.7 Å². The number of piperidine rings is 1. The van der Waals surface area contributed by atoms with Gasteiger partial charge >= 0.3 is 6.18 Å². The molecule has 1 atom stereocenters. The number of hydrogen-bond acceptors (Lipinski definition) is 6. The number of aromatic nitrogens is 2. The third-order valence-corrected chi connectivity index (χ3v) is 12.7. The number of halogens is 4. The Morgan fingerprint density at radius 1 is 0.710 bits per heavy atom. The topological polar surface area (TPSA) is 63.0 Å². The number of benzene rings is 4. The van der Waals surface area contributed by atoms with E-state index in [0.29, 0.717) is 28.5 Å². The Hall–Kier alpha value is -4.94. The Kier molecular flexibility index (Phi) is 14.9. The number of likely N-dealkylation sites (tertiary alicyclic amines) is 1. The molecule has 8 rings (SSSR count). The number of rotatable bonds is 14. The van der Waals surface area contributed by atoms with E-state index in [1.807, 2.05) is 42.6 Å². The van der Waals surface area contributed by atoms with E-state index in [1.165, 1.54) is 22.8 Å². The molecule has 2 fully saturated rings. The molecule has 2 aliphatic heterocycles. The Morgan fingerprint density at radius 2 is 1.31 bits per heavy atom. The van der Waals surface area contributed by atoms with Crippen LogP contribution in [0, 0.1) is 6.92 Å². The molecule has 2 aliphatic rings. The largest absolute Gasteiger partial charge is 0.489 e. The zero-order valence-electron chi connectivity index (χ0n) is 35.9. The van der Waals surface area contributed by atoms with Crippen LogP contribution in [0.4, 0.5) is 13.2 Å². The molecule has 8 nitrogen and oxygen atoms in total. The molecular formula is C50H57ClF3N5O3. The fourth-order valence-electron chi connectivity index (χ4n) is 8.99. The van der Waals surface area contributed by atoms with Gasteiger partial charge in [0.2, 0.25) is 0 Å².